The van der Waals surface area contributed by atoms with E-state index in [1.54, 1.807) is 0 Å². The number of fused-ring (bicyclic) bond motifs is 2. The number of carbonyl (C=O) groups is 1. The Kier molecular flexibility index (Phi) is 4.94. The monoisotopic (exact) mass is 467 g/mol. The van der Waals surface area contributed by atoms with Crippen LogP contribution >= 0.6 is 34.5 Å². The Balaban J connectivity index is 1.35. The first-order valence-electron chi connectivity index (χ1n) is 8.81. The van der Waals surface area contributed by atoms with Crippen molar-refractivity contribution in [1.82, 2.24) is 15.2 Å². The lowest BCUT2D eigenvalue weighted by Crippen LogP contribution is -2.14. The summed E-state index contributed by atoms with van der Waals surface area (Å²) in [5.74, 6) is -0.551. The van der Waals surface area contributed by atoms with Crippen molar-refractivity contribution in [3.63, 3.8) is 0 Å². The van der Waals surface area contributed by atoms with Gasteiger partial charge in [-0.3, -0.25) is 10.1 Å². The van der Waals surface area contributed by atoms with Crippen LogP contribution in [0, 0.1) is 5.82 Å². The van der Waals surface area contributed by atoms with Crippen LogP contribution in [0.25, 0.3) is 0 Å². The number of nitrogens with one attached hydrogen (secondary N) is 2. The van der Waals surface area contributed by atoms with Gasteiger partial charge in [0.15, 0.2) is 22.4 Å². The molecule has 2 aliphatic rings. The van der Waals surface area contributed by atoms with Crippen LogP contribution in [0.5, 0.6) is 5.75 Å². The predicted octanol–water partition coefficient (Wildman–Crippen LogP) is 4.21. The number of aromatic nitrogens is 3. The lowest BCUT2D eigenvalue weighted by Gasteiger charge is -2.15. The average molecular weight is 468 g/mol. The van der Waals surface area contributed by atoms with E-state index in [2.05, 4.69) is 25.8 Å². The molecule has 5 rings (SSSR count). The van der Waals surface area contributed by atoms with Gasteiger partial charge in [-0.25, -0.2) is 9.37 Å². The maximum Gasteiger partial charge on any atom is 0.278 e. The number of hydrogen-bond acceptors (Lipinski definition) is 8. The van der Waals surface area contributed by atoms with Crippen molar-refractivity contribution >= 4 is 51.4 Å². The van der Waals surface area contributed by atoms with Crippen molar-refractivity contribution < 1.29 is 18.7 Å². The smallest absolute Gasteiger partial charge is 0.278 e. The molecule has 3 aromatic rings. The fourth-order valence-electron chi connectivity index (χ4n) is 3.11. The highest BCUT2D eigenvalue weighted by atomic mass is 35.5. The van der Waals surface area contributed by atoms with E-state index in [1.807, 2.05) is 0 Å². The van der Waals surface area contributed by atoms with Crippen LogP contribution in [0.4, 0.5) is 15.3 Å². The van der Waals surface area contributed by atoms with E-state index < -0.39 is 18.0 Å². The molecular formula is C18H12Cl2FN5O3S. The van der Waals surface area contributed by atoms with E-state index in [9.17, 15) is 9.18 Å². The normalized spacial score (nSPS) is 17.0. The maximum atomic E-state index is 13.8. The van der Waals surface area contributed by atoms with Crippen LogP contribution in [0.15, 0.2) is 18.2 Å². The minimum atomic E-state index is -0.867. The summed E-state index contributed by atoms with van der Waals surface area (Å²) in [4.78, 5) is 18.0. The van der Waals surface area contributed by atoms with E-state index >= 15 is 0 Å². The van der Waals surface area contributed by atoms with Crippen LogP contribution in [0.1, 0.15) is 32.9 Å². The molecule has 0 bridgehead atoms. The SMILES string of the molecule is O=C(Nc1nc2c(s1)COCC2)c1cc2c(nn1)NC(c1c(Cl)ccc(F)c1Cl)O2. The molecule has 1 atom stereocenters. The highest BCUT2D eigenvalue weighted by Crippen LogP contribution is 2.41. The fraction of sp³-hybridized carbons (Fsp3) is 0.222. The molecule has 4 heterocycles. The Labute approximate surface area is 183 Å². The molecule has 0 saturated carbocycles. The molecule has 0 spiro atoms. The summed E-state index contributed by atoms with van der Waals surface area (Å²) in [6, 6.07) is 3.98. The lowest BCUT2D eigenvalue weighted by atomic mass is 10.2. The second-order valence-electron chi connectivity index (χ2n) is 6.49. The number of nitrogens with zero attached hydrogens (tertiary/aromatic N) is 3. The van der Waals surface area contributed by atoms with Gasteiger partial charge in [0, 0.05) is 12.5 Å². The van der Waals surface area contributed by atoms with Gasteiger partial charge >= 0.3 is 0 Å². The van der Waals surface area contributed by atoms with Gasteiger partial charge < -0.3 is 14.8 Å². The number of ether oxygens (including phenoxy) is 2. The number of rotatable bonds is 3. The zero-order valence-electron chi connectivity index (χ0n) is 15.0. The minimum Gasteiger partial charge on any atom is -0.462 e. The predicted molar refractivity (Wildman–Crippen MR) is 109 cm³/mol. The van der Waals surface area contributed by atoms with Crippen LogP contribution < -0.4 is 15.4 Å². The average Bonchev–Trinajstić information content (AvgIpc) is 3.33. The molecule has 0 saturated heterocycles. The molecule has 2 aliphatic heterocycles. The standard InChI is InChI=1S/C18H12Cl2FN5O3S/c19-7-1-2-8(21)14(20)13(7)17-23-15-11(29-17)5-10(25-26-15)16(27)24-18-22-9-3-4-28-6-12(9)30-18/h1-2,5,17H,3-4,6H2,(H,23,26)(H,22,24,27). The number of thiazole rings is 1. The zero-order valence-corrected chi connectivity index (χ0v) is 17.4. The largest absolute Gasteiger partial charge is 0.462 e. The minimum absolute atomic E-state index is 0.0389. The van der Waals surface area contributed by atoms with Crippen molar-refractivity contribution in [2.75, 3.05) is 17.2 Å². The van der Waals surface area contributed by atoms with Gasteiger partial charge in [-0.2, -0.15) is 0 Å². The number of anilines is 2. The Morgan fingerprint density at radius 3 is 3.03 bits per heavy atom. The van der Waals surface area contributed by atoms with E-state index in [-0.39, 0.29) is 32.9 Å². The second kappa shape index (κ2) is 7.62. The van der Waals surface area contributed by atoms with E-state index in [0.717, 1.165) is 10.6 Å². The van der Waals surface area contributed by atoms with Crippen molar-refractivity contribution in [2.45, 2.75) is 19.3 Å². The summed E-state index contributed by atoms with van der Waals surface area (Å²) in [6.45, 7) is 1.11. The summed E-state index contributed by atoms with van der Waals surface area (Å²) in [5, 5.41) is 14.1. The third-order valence-electron chi connectivity index (χ3n) is 4.56. The van der Waals surface area contributed by atoms with Crippen LogP contribution in [0.2, 0.25) is 10.0 Å². The van der Waals surface area contributed by atoms with Gasteiger partial charge in [-0.05, 0) is 12.1 Å². The molecule has 8 nitrogen and oxygen atoms in total. The van der Waals surface area contributed by atoms with Crippen LogP contribution in [-0.2, 0) is 17.8 Å². The van der Waals surface area contributed by atoms with Gasteiger partial charge in [-0.1, -0.05) is 34.5 Å². The second-order valence-corrected chi connectivity index (χ2v) is 8.36. The summed E-state index contributed by atoms with van der Waals surface area (Å²) < 4.78 is 25.0. The molecule has 1 amide bonds. The van der Waals surface area contributed by atoms with E-state index in [0.29, 0.717) is 24.8 Å². The van der Waals surface area contributed by atoms with Crippen molar-refractivity contribution in [2.24, 2.45) is 0 Å². The van der Waals surface area contributed by atoms with Gasteiger partial charge in [-0.15, -0.1) is 10.2 Å². The summed E-state index contributed by atoms with van der Waals surface area (Å²) >= 11 is 13.6. The van der Waals surface area contributed by atoms with E-state index in [1.165, 1.54) is 29.5 Å². The summed E-state index contributed by atoms with van der Waals surface area (Å²) in [5.41, 5.74) is 1.20. The Hall–Kier alpha value is -2.53. The first-order chi connectivity index (χ1) is 14.5. The number of carbonyl (C=O) groups excluding carboxylic acids is 1. The summed E-state index contributed by atoms with van der Waals surface area (Å²) in [6.07, 6.45) is -0.152. The van der Waals surface area contributed by atoms with Gasteiger partial charge in [0.1, 0.15) is 5.82 Å². The molecule has 30 heavy (non-hydrogen) atoms. The zero-order chi connectivity index (χ0) is 20.8. The summed E-state index contributed by atoms with van der Waals surface area (Å²) in [7, 11) is 0. The molecule has 1 unspecified atom stereocenters. The van der Waals surface area contributed by atoms with E-state index in [4.69, 9.17) is 32.7 Å². The molecule has 2 aromatic heterocycles. The highest BCUT2D eigenvalue weighted by molar-refractivity contribution is 7.15. The topological polar surface area (TPSA) is 98.3 Å². The maximum absolute atomic E-state index is 13.8. The number of benzene rings is 1. The van der Waals surface area contributed by atoms with Gasteiger partial charge in [0.25, 0.3) is 5.91 Å². The lowest BCUT2D eigenvalue weighted by molar-refractivity contribution is 0.102. The van der Waals surface area contributed by atoms with Crippen molar-refractivity contribution in [3.05, 3.63) is 55.9 Å². The quantitative estimate of drug-likeness (QED) is 0.556. The first kappa shape index (κ1) is 19.4. The molecule has 1 aromatic carbocycles. The molecular weight excluding hydrogens is 456 g/mol. The Morgan fingerprint density at radius 2 is 2.20 bits per heavy atom. The fourth-order valence-corrected chi connectivity index (χ4v) is 4.62. The Bertz CT molecular complexity index is 1150. The number of hydrogen-bond donors (Lipinski definition) is 2. The van der Waals surface area contributed by atoms with Crippen LogP contribution in [-0.4, -0.2) is 27.7 Å². The third-order valence-corrected chi connectivity index (χ3v) is 6.26. The van der Waals surface area contributed by atoms with Gasteiger partial charge in [0.2, 0.25) is 6.23 Å². The first-order valence-corrected chi connectivity index (χ1v) is 10.4. The number of amides is 1. The van der Waals surface area contributed by atoms with Crippen molar-refractivity contribution in [3.8, 4) is 5.75 Å². The third kappa shape index (κ3) is 3.45. The molecule has 2 N–H and O–H groups in total. The highest BCUT2D eigenvalue weighted by Gasteiger charge is 2.31. The molecule has 12 heteroatoms. The molecule has 0 fully saturated rings. The molecule has 0 aliphatic carbocycles. The molecule has 154 valence electrons. The molecule has 0 radical (unpaired) electrons. The number of halogens is 3. The van der Waals surface area contributed by atoms with Crippen LogP contribution in [0.3, 0.4) is 0 Å². The van der Waals surface area contributed by atoms with Gasteiger partial charge in [0.05, 0.1) is 39.4 Å². The van der Waals surface area contributed by atoms with Crippen molar-refractivity contribution in [1.29, 1.82) is 0 Å². The Morgan fingerprint density at radius 1 is 1.33 bits per heavy atom.